The number of ether oxygens (including phenoxy) is 2. The minimum Gasteiger partial charge on any atom is -0.493 e. The smallest absolute Gasteiger partial charge is 0.269 e. The number of carbonyl (C=O) groups excluding carboxylic acids is 1. The molecule has 7 nitrogen and oxygen atoms in total. The summed E-state index contributed by atoms with van der Waals surface area (Å²) in [5.41, 5.74) is 1.91. The molecule has 0 bridgehead atoms. The van der Waals surface area contributed by atoms with Crippen molar-refractivity contribution in [2.24, 2.45) is 0 Å². The number of aromatic nitrogens is 2. The molecule has 1 aromatic heterocycles. The van der Waals surface area contributed by atoms with Crippen molar-refractivity contribution in [1.29, 1.82) is 0 Å². The molecule has 1 heterocycles. The van der Waals surface area contributed by atoms with E-state index in [2.05, 4.69) is 20.8 Å². The van der Waals surface area contributed by atoms with E-state index in [1.807, 2.05) is 26.1 Å². The summed E-state index contributed by atoms with van der Waals surface area (Å²) >= 11 is 0. The highest BCUT2D eigenvalue weighted by Crippen LogP contribution is 2.31. The Balaban J connectivity index is 0.00000288. The average molecular weight is 355 g/mol. The van der Waals surface area contributed by atoms with Crippen LogP contribution >= 0.6 is 12.4 Å². The van der Waals surface area contributed by atoms with Crippen LogP contribution in [0.4, 0.5) is 0 Å². The maximum absolute atomic E-state index is 12.1. The molecule has 1 atom stereocenters. The summed E-state index contributed by atoms with van der Waals surface area (Å²) in [6, 6.07) is 7.40. The number of nitrogens with zero attached hydrogens (tertiary/aromatic N) is 1. The van der Waals surface area contributed by atoms with E-state index in [0.29, 0.717) is 29.4 Å². The Bertz CT molecular complexity index is 675. The van der Waals surface area contributed by atoms with Crippen molar-refractivity contribution in [2.45, 2.75) is 13.0 Å². The second-order valence-corrected chi connectivity index (χ2v) is 5.14. The number of carbonyl (C=O) groups is 1. The first-order valence-electron chi connectivity index (χ1n) is 7.32. The Morgan fingerprint density at radius 1 is 1.25 bits per heavy atom. The van der Waals surface area contributed by atoms with E-state index in [0.717, 1.165) is 5.56 Å². The van der Waals surface area contributed by atoms with Gasteiger partial charge in [0, 0.05) is 18.2 Å². The van der Waals surface area contributed by atoms with Gasteiger partial charge in [-0.05, 0) is 38.2 Å². The lowest BCUT2D eigenvalue weighted by molar-refractivity contribution is 0.0945. The van der Waals surface area contributed by atoms with Crippen LogP contribution in [0.15, 0.2) is 24.3 Å². The summed E-state index contributed by atoms with van der Waals surface area (Å²) in [5, 5.41) is 12.8. The quantitative estimate of drug-likeness (QED) is 0.706. The SMILES string of the molecule is CNC(C)CNC(=O)c1cc(-c2ccc(OC)c(OC)c2)n[nH]1.Cl. The highest BCUT2D eigenvalue weighted by Gasteiger charge is 2.13. The van der Waals surface area contributed by atoms with Crippen molar-refractivity contribution >= 4 is 18.3 Å². The molecule has 2 aromatic rings. The van der Waals surface area contributed by atoms with Crippen LogP contribution in [-0.4, -0.2) is 50.0 Å². The van der Waals surface area contributed by atoms with Crippen LogP contribution in [0.25, 0.3) is 11.3 Å². The molecule has 1 amide bonds. The molecule has 3 N–H and O–H groups in total. The zero-order chi connectivity index (χ0) is 16.8. The van der Waals surface area contributed by atoms with Gasteiger partial charge in [-0.3, -0.25) is 9.89 Å². The van der Waals surface area contributed by atoms with Crippen LogP contribution in [0.1, 0.15) is 17.4 Å². The lowest BCUT2D eigenvalue weighted by Crippen LogP contribution is -2.37. The van der Waals surface area contributed by atoms with E-state index in [-0.39, 0.29) is 24.4 Å². The van der Waals surface area contributed by atoms with Crippen LogP contribution < -0.4 is 20.1 Å². The molecule has 24 heavy (non-hydrogen) atoms. The predicted octanol–water partition coefficient (Wildman–Crippen LogP) is 1.85. The molecule has 0 aliphatic heterocycles. The first-order chi connectivity index (χ1) is 11.1. The van der Waals surface area contributed by atoms with E-state index < -0.39 is 0 Å². The van der Waals surface area contributed by atoms with E-state index in [9.17, 15) is 4.79 Å². The summed E-state index contributed by atoms with van der Waals surface area (Å²) in [6.07, 6.45) is 0. The number of amides is 1. The maximum Gasteiger partial charge on any atom is 0.269 e. The second kappa shape index (κ2) is 9.14. The Morgan fingerprint density at radius 2 is 1.96 bits per heavy atom. The molecule has 132 valence electrons. The van der Waals surface area contributed by atoms with E-state index in [1.54, 1.807) is 26.4 Å². The zero-order valence-electron chi connectivity index (χ0n) is 14.2. The van der Waals surface area contributed by atoms with Crippen molar-refractivity contribution in [3.05, 3.63) is 30.0 Å². The summed E-state index contributed by atoms with van der Waals surface area (Å²) < 4.78 is 10.5. The lowest BCUT2D eigenvalue weighted by atomic mass is 10.1. The summed E-state index contributed by atoms with van der Waals surface area (Å²) in [4.78, 5) is 12.1. The number of methoxy groups -OCH3 is 2. The number of benzene rings is 1. The van der Waals surface area contributed by atoms with Gasteiger partial charge in [-0.25, -0.2) is 0 Å². The number of H-pyrrole nitrogens is 1. The molecule has 0 saturated carbocycles. The van der Waals surface area contributed by atoms with Gasteiger partial charge >= 0.3 is 0 Å². The fourth-order valence-corrected chi connectivity index (χ4v) is 2.02. The van der Waals surface area contributed by atoms with Crippen molar-refractivity contribution in [1.82, 2.24) is 20.8 Å². The Labute approximate surface area is 147 Å². The van der Waals surface area contributed by atoms with Crippen LogP contribution in [0.3, 0.4) is 0 Å². The minimum atomic E-state index is -0.189. The molecule has 1 aromatic carbocycles. The number of aromatic amines is 1. The lowest BCUT2D eigenvalue weighted by Gasteiger charge is -2.10. The summed E-state index contributed by atoms with van der Waals surface area (Å²) in [7, 11) is 5.01. The fourth-order valence-electron chi connectivity index (χ4n) is 2.02. The van der Waals surface area contributed by atoms with Crippen LogP contribution in [-0.2, 0) is 0 Å². The summed E-state index contributed by atoms with van der Waals surface area (Å²) in [5.74, 6) is 1.07. The first-order valence-corrected chi connectivity index (χ1v) is 7.32. The molecule has 0 aliphatic rings. The van der Waals surface area contributed by atoms with Crippen LogP contribution in [0.2, 0.25) is 0 Å². The third-order valence-corrected chi connectivity index (χ3v) is 3.56. The van der Waals surface area contributed by atoms with Gasteiger partial charge in [0.1, 0.15) is 5.69 Å². The van der Waals surface area contributed by atoms with Gasteiger partial charge < -0.3 is 20.1 Å². The van der Waals surface area contributed by atoms with E-state index >= 15 is 0 Å². The third kappa shape index (κ3) is 4.62. The Morgan fingerprint density at radius 3 is 2.58 bits per heavy atom. The first kappa shape index (κ1) is 19.8. The van der Waals surface area contributed by atoms with Gasteiger partial charge in [-0.2, -0.15) is 5.10 Å². The number of hydrogen-bond acceptors (Lipinski definition) is 5. The number of nitrogens with one attached hydrogen (secondary N) is 3. The topological polar surface area (TPSA) is 88.3 Å². The second-order valence-electron chi connectivity index (χ2n) is 5.14. The van der Waals surface area contributed by atoms with Gasteiger partial charge in [0.2, 0.25) is 0 Å². The molecule has 2 rings (SSSR count). The largest absolute Gasteiger partial charge is 0.493 e. The van der Waals surface area contributed by atoms with Crippen molar-refractivity contribution in [3.8, 4) is 22.8 Å². The molecule has 0 saturated heterocycles. The van der Waals surface area contributed by atoms with Gasteiger partial charge in [0.15, 0.2) is 11.5 Å². The number of likely N-dealkylation sites (N-methyl/N-ethyl adjacent to an activating group) is 1. The maximum atomic E-state index is 12.1. The molecular formula is C16H23ClN4O3. The zero-order valence-corrected chi connectivity index (χ0v) is 15.0. The number of rotatable bonds is 7. The Kier molecular flexibility index (Phi) is 7.54. The fraction of sp³-hybridized carbons (Fsp3) is 0.375. The van der Waals surface area contributed by atoms with Gasteiger partial charge in [0.05, 0.1) is 19.9 Å². The highest BCUT2D eigenvalue weighted by atomic mass is 35.5. The van der Waals surface area contributed by atoms with E-state index in [1.165, 1.54) is 0 Å². The monoisotopic (exact) mass is 354 g/mol. The molecule has 0 fully saturated rings. The van der Waals surface area contributed by atoms with Gasteiger partial charge in [-0.1, -0.05) is 0 Å². The van der Waals surface area contributed by atoms with Crippen molar-refractivity contribution < 1.29 is 14.3 Å². The molecule has 0 radical (unpaired) electrons. The predicted molar refractivity (Wildman–Crippen MR) is 95.2 cm³/mol. The van der Waals surface area contributed by atoms with Crippen LogP contribution in [0.5, 0.6) is 11.5 Å². The standard InChI is InChI=1S/C16H22N4O3.ClH/c1-10(17-2)9-18-16(21)13-8-12(19-20-13)11-5-6-14(22-3)15(7-11)23-4;/h5-8,10,17H,9H2,1-4H3,(H,18,21)(H,19,20);1H. The normalized spacial score (nSPS) is 11.3. The van der Waals surface area contributed by atoms with E-state index in [4.69, 9.17) is 9.47 Å². The molecule has 8 heteroatoms. The third-order valence-electron chi connectivity index (χ3n) is 3.56. The van der Waals surface area contributed by atoms with Gasteiger partial charge in [-0.15, -0.1) is 12.4 Å². The highest BCUT2D eigenvalue weighted by molar-refractivity contribution is 5.93. The van der Waals surface area contributed by atoms with Crippen molar-refractivity contribution in [2.75, 3.05) is 27.8 Å². The minimum absolute atomic E-state index is 0. The number of halogens is 1. The van der Waals surface area contributed by atoms with Crippen molar-refractivity contribution in [3.63, 3.8) is 0 Å². The molecular weight excluding hydrogens is 332 g/mol. The molecule has 1 unspecified atom stereocenters. The average Bonchev–Trinajstić information content (AvgIpc) is 3.08. The Hall–Kier alpha value is -2.25. The summed E-state index contributed by atoms with van der Waals surface area (Å²) in [6.45, 7) is 2.53. The number of hydrogen-bond donors (Lipinski definition) is 3. The molecule has 0 aliphatic carbocycles. The molecule has 0 spiro atoms. The van der Waals surface area contributed by atoms with Crippen LogP contribution in [0, 0.1) is 0 Å². The van der Waals surface area contributed by atoms with Gasteiger partial charge in [0.25, 0.3) is 5.91 Å².